The van der Waals surface area contributed by atoms with E-state index in [-0.39, 0.29) is 0 Å². The SMILES string of the molecule is Ic1ncc(CCc2ccccc2)o1. The van der Waals surface area contributed by atoms with Gasteiger partial charge in [-0.25, -0.2) is 4.98 Å². The summed E-state index contributed by atoms with van der Waals surface area (Å²) in [5, 5.41) is 0. The van der Waals surface area contributed by atoms with E-state index in [2.05, 4.69) is 51.8 Å². The lowest BCUT2D eigenvalue weighted by Gasteiger charge is -1.97. The van der Waals surface area contributed by atoms with Gasteiger partial charge >= 0.3 is 0 Å². The van der Waals surface area contributed by atoms with E-state index in [1.54, 1.807) is 6.20 Å². The topological polar surface area (TPSA) is 26.0 Å². The van der Waals surface area contributed by atoms with Crippen molar-refractivity contribution in [2.24, 2.45) is 0 Å². The van der Waals surface area contributed by atoms with E-state index in [9.17, 15) is 0 Å². The molecule has 0 saturated carbocycles. The molecule has 0 aliphatic heterocycles. The van der Waals surface area contributed by atoms with Crippen molar-refractivity contribution in [2.75, 3.05) is 0 Å². The van der Waals surface area contributed by atoms with Crippen LogP contribution in [0.3, 0.4) is 0 Å². The number of halogens is 1. The summed E-state index contributed by atoms with van der Waals surface area (Å²) in [5.74, 6) is 0.957. The Bertz CT molecular complexity index is 397. The highest BCUT2D eigenvalue weighted by Crippen LogP contribution is 2.09. The minimum atomic E-state index is 0.714. The Hall–Kier alpha value is -0.840. The molecular weight excluding hydrogens is 289 g/mol. The Labute approximate surface area is 96.5 Å². The van der Waals surface area contributed by atoms with Gasteiger partial charge in [-0.15, -0.1) is 0 Å². The van der Waals surface area contributed by atoms with Crippen LogP contribution in [0.15, 0.2) is 40.9 Å². The second kappa shape index (κ2) is 4.59. The van der Waals surface area contributed by atoms with Crippen LogP contribution < -0.4 is 0 Å². The van der Waals surface area contributed by atoms with Crippen LogP contribution in [0.5, 0.6) is 0 Å². The molecule has 0 unspecified atom stereocenters. The molecule has 14 heavy (non-hydrogen) atoms. The molecule has 0 aliphatic carbocycles. The van der Waals surface area contributed by atoms with E-state index in [0.29, 0.717) is 3.90 Å². The average Bonchev–Trinajstić information content (AvgIpc) is 2.63. The van der Waals surface area contributed by atoms with Gasteiger partial charge in [-0.3, -0.25) is 0 Å². The number of aryl methyl sites for hydroxylation is 2. The highest BCUT2D eigenvalue weighted by Gasteiger charge is 2.00. The molecular formula is C11H10INO. The normalized spacial score (nSPS) is 10.4. The van der Waals surface area contributed by atoms with E-state index in [4.69, 9.17) is 4.42 Å². The van der Waals surface area contributed by atoms with Gasteiger partial charge in [0.25, 0.3) is 3.90 Å². The fourth-order valence-electron chi connectivity index (χ4n) is 1.31. The first kappa shape index (κ1) is 9.71. The quantitative estimate of drug-likeness (QED) is 0.814. The Morgan fingerprint density at radius 1 is 1.14 bits per heavy atom. The highest BCUT2D eigenvalue weighted by atomic mass is 127. The van der Waals surface area contributed by atoms with Gasteiger partial charge in [-0.05, 0) is 12.0 Å². The summed E-state index contributed by atoms with van der Waals surface area (Å²) in [5.41, 5.74) is 1.33. The van der Waals surface area contributed by atoms with Crippen molar-refractivity contribution in [3.05, 3.63) is 51.7 Å². The van der Waals surface area contributed by atoms with E-state index >= 15 is 0 Å². The number of hydrogen-bond donors (Lipinski definition) is 0. The summed E-state index contributed by atoms with van der Waals surface area (Å²) < 4.78 is 6.09. The van der Waals surface area contributed by atoms with Gasteiger partial charge in [0, 0.05) is 29.0 Å². The zero-order valence-corrected chi connectivity index (χ0v) is 9.77. The van der Waals surface area contributed by atoms with Crippen LogP contribution in [0.2, 0.25) is 0 Å². The third-order valence-electron chi connectivity index (χ3n) is 2.03. The largest absolute Gasteiger partial charge is 0.437 e. The number of rotatable bonds is 3. The molecule has 0 bridgehead atoms. The Balaban J connectivity index is 1.95. The predicted octanol–water partition coefficient (Wildman–Crippen LogP) is 3.06. The third-order valence-corrected chi connectivity index (χ3v) is 2.53. The third kappa shape index (κ3) is 2.57. The summed E-state index contributed by atoms with van der Waals surface area (Å²) >= 11 is 2.08. The van der Waals surface area contributed by atoms with Gasteiger partial charge in [-0.2, -0.15) is 0 Å². The molecule has 0 fully saturated rings. The van der Waals surface area contributed by atoms with Gasteiger partial charge in [0.15, 0.2) is 0 Å². The average molecular weight is 299 g/mol. The van der Waals surface area contributed by atoms with Crippen molar-refractivity contribution >= 4 is 22.6 Å². The van der Waals surface area contributed by atoms with Crippen molar-refractivity contribution in [3.63, 3.8) is 0 Å². The first-order valence-electron chi connectivity index (χ1n) is 4.49. The van der Waals surface area contributed by atoms with Crippen LogP contribution in [0.4, 0.5) is 0 Å². The molecule has 2 rings (SSSR count). The smallest absolute Gasteiger partial charge is 0.257 e. The van der Waals surface area contributed by atoms with Gasteiger partial charge < -0.3 is 4.42 Å². The minimum Gasteiger partial charge on any atom is -0.437 e. The maximum absolute atomic E-state index is 5.38. The van der Waals surface area contributed by atoms with E-state index < -0.39 is 0 Å². The molecule has 72 valence electrons. The van der Waals surface area contributed by atoms with Crippen LogP contribution in [0.1, 0.15) is 11.3 Å². The standard InChI is InChI=1S/C11H10INO/c12-11-13-8-10(14-11)7-6-9-4-2-1-3-5-9/h1-5,8H,6-7H2. The molecule has 2 nitrogen and oxygen atoms in total. The van der Waals surface area contributed by atoms with Crippen LogP contribution in [-0.2, 0) is 12.8 Å². The Morgan fingerprint density at radius 2 is 1.93 bits per heavy atom. The van der Waals surface area contributed by atoms with E-state index in [1.165, 1.54) is 5.56 Å². The molecule has 0 aliphatic rings. The zero-order chi connectivity index (χ0) is 9.80. The van der Waals surface area contributed by atoms with E-state index in [1.807, 2.05) is 6.07 Å². The molecule has 0 N–H and O–H groups in total. The number of nitrogens with zero attached hydrogens (tertiary/aromatic N) is 1. The molecule has 0 radical (unpaired) electrons. The zero-order valence-electron chi connectivity index (χ0n) is 7.61. The predicted molar refractivity (Wildman–Crippen MR) is 63.1 cm³/mol. The van der Waals surface area contributed by atoms with Gasteiger partial charge in [0.2, 0.25) is 0 Å². The van der Waals surface area contributed by atoms with Crippen LogP contribution in [0.25, 0.3) is 0 Å². The molecule has 0 saturated heterocycles. The second-order valence-electron chi connectivity index (χ2n) is 3.07. The number of hydrogen-bond acceptors (Lipinski definition) is 2. The van der Waals surface area contributed by atoms with Gasteiger partial charge in [-0.1, -0.05) is 30.3 Å². The molecule has 1 aromatic heterocycles. The Morgan fingerprint density at radius 3 is 2.57 bits per heavy atom. The molecule has 1 heterocycles. The molecule has 0 spiro atoms. The van der Waals surface area contributed by atoms with Gasteiger partial charge in [0.05, 0.1) is 6.20 Å². The number of oxazole rings is 1. The summed E-state index contributed by atoms with van der Waals surface area (Å²) in [6.45, 7) is 0. The summed E-state index contributed by atoms with van der Waals surface area (Å²) in [4.78, 5) is 4.05. The first-order valence-corrected chi connectivity index (χ1v) is 5.56. The van der Waals surface area contributed by atoms with Crippen molar-refractivity contribution in [1.82, 2.24) is 4.98 Å². The molecule has 2 aromatic rings. The monoisotopic (exact) mass is 299 g/mol. The highest BCUT2D eigenvalue weighted by molar-refractivity contribution is 14.1. The van der Waals surface area contributed by atoms with Crippen molar-refractivity contribution < 1.29 is 4.42 Å². The summed E-state index contributed by atoms with van der Waals surface area (Å²) in [7, 11) is 0. The molecule has 1 aromatic carbocycles. The van der Waals surface area contributed by atoms with Crippen molar-refractivity contribution in [2.45, 2.75) is 12.8 Å². The van der Waals surface area contributed by atoms with E-state index in [0.717, 1.165) is 18.6 Å². The van der Waals surface area contributed by atoms with Gasteiger partial charge in [0.1, 0.15) is 5.76 Å². The van der Waals surface area contributed by atoms with Crippen LogP contribution >= 0.6 is 22.6 Å². The molecule has 3 heteroatoms. The maximum Gasteiger partial charge on any atom is 0.257 e. The minimum absolute atomic E-state index is 0.714. The summed E-state index contributed by atoms with van der Waals surface area (Å²) in [6.07, 6.45) is 3.72. The fourth-order valence-corrected chi connectivity index (χ4v) is 1.73. The first-order chi connectivity index (χ1) is 6.84. The lowest BCUT2D eigenvalue weighted by atomic mass is 10.1. The Kier molecular flexibility index (Phi) is 3.18. The maximum atomic E-state index is 5.38. The lowest BCUT2D eigenvalue weighted by molar-refractivity contribution is 0.476. The van der Waals surface area contributed by atoms with Crippen molar-refractivity contribution in [1.29, 1.82) is 0 Å². The summed E-state index contributed by atoms with van der Waals surface area (Å²) in [6, 6.07) is 10.4. The molecule has 0 atom stereocenters. The fraction of sp³-hybridized carbons (Fsp3) is 0.182. The second-order valence-corrected chi connectivity index (χ2v) is 3.99. The number of benzene rings is 1. The van der Waals surface area contributed by atoms with Crippen molar-refractivity contribution in [3.8, 4) is 0 Å². The van der Waals surface area contributed by atoms with Crippen LogP contribution in [-0.4, -0.2) is 4.98 Å². The molecule has 0 amide bonds. The number of aromatic nitrogens is 1. The van der Waals surface area contributed by atoms with Crippen LogP contribution in [0, 0.1) is 3.90 Å². The lowest BCUT2D eigenvalue weighted by Crippen LogP contribution is -1.88.